The molecule has 26 heavy (non-hydrogen) atoms. The van der Waals surface area contributed by atoms with Crippen molar-refractivity contribution in [3.05, 3.63) is 18.6 Å². The average molecular weight is 359 g/mol. The summed E-state index contributed by atoms with van der Waals surface area (Å²) in [6, 6.07) is 1.89. The van der Waals surface area contributed by atoms with Crippen molar-refractivity contribution in [3.63, 3.8) is 0 Å². The first-order valence-corrected chi connectivity index (χ1v) is 8.75. The number of aromatic nitrogens is 3. The molecule has 0 atom stereocenters. The van der Waals surface area contributed by atoms with Gasteiger partial charge in [0.05, 0.1) is 22.2 Å². The third kappa shape index (κ3) is 3.23. The predicted octanol–water partition coefficient (Wildman–Crippen LogP) is 2.28. The number of nitrogens with zero attached hydrogens (tertiary/aromatic N) is 3. The zero-order valence-electron chi connectivity index (χ0n) is 16.5. The molecule has 1 saturated heterocycles. The van der Waals surface area contributed by atoms with E-state index in [1.807, 2.05) is 60.7 Å². The zero-order valence-corrected chi connectivity index (χ0v) is 16.5. The lowest BCUT2D eigenvalue weighted by atomic mass is 9.82. The molecule has 0 N–H and O–H groups in total. The molecule has 8 heteroatoms. The minimum atomic E-state index is -0.571. The number of carbonyl (C=O) groups is 1. The van der Waals surface area contributed by atoms with E-state index in [0.29, 0.717) is 11.2 Å². The van der Waals surface area contributed by atoms with Crippen LogP contribution >= 0.6 is 0 Å². The summed E-state index contributed by atoms with van der Waals surface area (Å²) in [5.41, 5.74) is -0.0911. The van der Waals surface area contributed by atoms with E-state index in [2.05, 4.69) is 9.97 Å². The van der Waals surface area contributed by atoms with Crippen LogP contribution in [0.3, 0.4) is 0 Å². The Morgan fingerprint density at radius 1 is 1.19 bits per heavy atom. The predicted molar refractivity (Wildman–Crippen MR) is 98.8 cm³/mol. The summed E-state index contributed by atoms with van der Waals surface area (Å²) in [5.74, 6) is -0.264. The van der Waals surface area contributed by atoms with Crippen molar-refractivity contribution in [2.24, 2.45) is 5.41 Å². The third-order valence-corrected chi connectivity index (χ3v) is 5.01. The molecule has 0 saturated carbocycles. The highest BCUT2D eigenvalue weighted by atomic mass is 16.7. The molecule has 0 spiro atoms. The Bertz CT molecular complexity index is 823. The van der Waals surface area contributed by atoms with Crippen molar-refractivity contribution in [3.8, 4) is 0 Å². The third-order valence-electron chi connectivity index (χ3n) is 5.01. The topological polar surface area (TPSA) is 75.5 Å². The number of hydrogen-bond acceptors (Lipinski definition) is 6. The van der Waals surface area contributed by atoms with Gasteiger partial charge >= 0.3 is 13.1 Å². The van der Waals surface area contributed by atoms with Crippen molar-refractivity contribution in [1.29, 1.82) is 0 Å². The first-order chi connectivity index (χ1) is 11.9. The molecule has 7 nitrogen and oxygen atoms in total. The Morgan fingerprint density at radius 3 is 2.38 bits per heavy atom. The number of fused-ring (bicyclic) bond motifs is 1. The largest absolute Gasteiger partial charge is 0.515 e. The molecule has 0 bridgehead atoms. The molecule has 0 radical (unpaired) electrons. The number of ether oxygens (including phenoxy) is 1. The van der Waals surface area contributed by atoms with Crippen LogP contribution in [-0.2, 0) is 25.6 Å². The van der Waals surface area contributed by atoms with Crippen LogP contribution in [0.1, 0.15) is 48.5 Å². The van der Waals surface area contributed by atoms with Crippen molar-refractivity contribution in [2.45, 2.75) is 66.4 Å². The molecule has 3 heterocycles. The average Bonchev–Trinajstić information content (AvgIpc) is 3.02. The molecule has 3 rings (SSSR count). The summed E-state index contributed by atoms with van der Waals surface area (Å²) in [4.78, 5) is 20.7. The maximum Gasteiger partial charge on any atom is 0.515 e. The Labute approximate surface area is 154 Å². The molecule has 0 unspecified atom stereocenters. The fourth-order valence-corrected chi connectivity index (χ4v) is 2.61. The molecule has 0 aromatic carbocycles. The smallest absolute Gasteiger partial charge is 0.443 e. The van der Waals surface area contributed by atoms with E-state index in [9.17, 15) is 4.79 Å². The van der Waals surface area contributed by atoms with Crippen LogP contribution in [0.15, 0.2) is 18.6 Å². The fraction of sp³-hybridized carbons (Fsp3) is 0.611. The molecular formula is C18H26BN3O4. The summed E-state index contributed by atoms with van der Waals surface area (Å²) >= 11 is 0. The van der Waals surface area contributed by atoms with Gasteiger partial charge in [0.15, 0.2) is 6.73 Å². The second-order valence-corrected chi connectivity index (χ2v) is 8.68. The molecule has 1 fully saturated rings. The van der Waals surface area contributed by atoms with Crippen molar-refractivity contribution < 1.29 is 18.8 Å². The Hall–Kier alpha value is -1.93. The maximum atomic E-state index is 12.0. The van der Waals surface area contributed by atoms with E-state index >= 15 is 0 Å². The van der Waals surface area contributed by atoms with Gasteiger partial charge in [-0.1, -0.05) is 0 Å². The van der Waals surface area contributed by atoms with E-state index < -0.39 is 23.7 Å². The lowest BCUT2D eigenvalue weighted by Crippen LogP contribution is -2.41. The maximum absolute atomic E-state index is 12.0. The van der Waals surface area contributed by atoms with Crippen molar-refractivity contribution >= 4 is 29.7 Å². The monoisotopic (exact) mass is 359 g/mol. The first kappa shape index (κ1) is 18.9. The number of esters is 1. The Balaban J connectivity index is 1.87. The lowest BCUT2D eigenvalue weighted by Gasteiger charge is -2.32. The fourth-order valence-electron chi connectivity index (χ4n) is 2.61. The van der Waals surface area contributed by atoms with Gasteiger partial charge in [-0.25, -0.2) is 9.97 Å². The quantitative estimate of drug-likeness (QED) is 0.618. The van der Waals surface area contributed by atoms with E-state index in [-0.39, 0.29) is 12.7 Å². The molecule has 140 valence electrons. The highest BCUT2D eigenvalue weighted by Crippen LogP contribution is 2.36. The Morgan fingerprint density at radius 2 is 1.81 bits per heavy atom. The Kier molecular flexibility index (Phi) is 4.39. The SMILES string of the molecule is CC(C)(C)C(=O)OCn1ccc2c(B3OC(C)(C)C(C)(C)O3)ncnc21. The van der Waals surface area contributed by atoms with E-state index in [4.69, 9.17) is 14.0 Å². The second-order valence-electron chi connectivity index (χ2n) is 8.68. The van der Waals surface area contributed by atoms with Crippen LogP contribution in [0.4, 0.5) is 0 Å². The highest BCUT2D eigenvalue weighted by Gasteiger charge is 2.52. The van der Waals surface area contributed by atoms with Crippen LogP contribution < -0.4 is 5.59 Å². The normalized spacial score (nSPS) is 19.1. The van der Waals surface area contributed by atoms with Gasteiger partial charge in [0.25, 0.3) is 0 Å². The van der Waals surface area contributed by atoms with Gasteiger partial charge in [-0.2, -0.15) is 0 Å². The summed E-state index contributed by atoms with van der Waals surface area (Å²) in [7, 11) is -0.571. The van der Waals surface area contributed by atoms with Crippen molar-refractivity contribution in [1.82, 2.24) is 14.5 Å². The molecule has 2 aromatic heterocycles. The minimum absolute atomic E-state index is 0.0967. The van der Waals surface area contributed by atoms with Gasteiger partial charge in [0.1, 0.15) is 12.0 Å². The van der Waals surface area contributed by atoms with E-state index in [0.717, 1.165) is 5.39 Å². The van der Waals surface area contributed by atoms with Crippen molar-refractivity contribution in [2.75, 3.05) is 0 Å². The standard InChI is InChI=1S/C18H26BN3O4/c1-16(2,3)15(23)24-11-22-9-8-12-13(20-10-21-14(12)22)19-25-17(4,5)18(6,7)26-19/h8-10H,11H2,1-7H3. The number of hydrogen-bond donors (Lipinski definition) is 0. The number of carbonyl (C=O) groups excluding carboxylic acids is 1. The molecule has 2 aromatic rings. The van der Waals surface area contributed by atoms with Gasteiger partial charge < -0.3 is 14.0 Å². The van der Waals surface area contributed by atoms with Gasteiger partial charge in [-0.15, -0.1) is 0 Å². The summed E-state index contributed by atoms with van der Waals surface area (Å²) in [6.07, 6.45) is 3.30. The molecule has 1 aliphatic rings. The van der Waals surface area contributed by atoms with Crippen LogP contribution in [-0.4, -0.2) is 38.8 Å². The molecule has 0 aliphatic carbocycles. The van der Waals surface area contributed by atoms with Crippen LogP contribution in [0.5, 0.6) is 0 Å². The minimum Gasteiger partial charge on any atom is -0.443 e. The molecule has 1 aliphatic heterocycles. The summed E-state index contributed by atoms with van der Waals surface area (Å²) < 4.78 is 19.4. The lowest BCUT2D eigenvalue weighted by molar-refractivity contribution is -0.156. The number of rotatable bonds is 3. The van der Waals surface area contributed by atoms with Gasteiger partial charge in [-0.3, -0.25) is 9.36 Å². The molecule has 0 amide bonds. The highest BCUT2D eigenvalue weighted by molar-refractivity contribution is 6.64. The summed E-state index contributed by atoms with van der Waals surface area (Å²) in [5, 5.41) is 0.817. The van der Waals surface area contributed by atoms with Crippen LogP contribution in [0, 0.1) is 5.41 Å². The van der Waals surface area contributed by atoms with E-state index in [1.54, 1.807) is 4.57 Å². The van der Waals surface area contributed by atoms with Gasteiger partial charge in [0, 0.05) is 11.6 Å². The van der Waals surface area contributed by atoms with Crippen LogP contribution in [0.25, 0.3) is 11.0 Å². The summed E-state index contributed by atoms with van der Waals surface area (Å²) in [6.45, 7) is 13.6. The molecular weight excluding hydrogens is 333 g/mol. The zero-order chi connectivity index (χ0) is 19.3. The first-order valence-electron chi connectivity index (χ1n) is 8.75. The van der Waals surface area contributed by atoms with Crippen LogP contribution in [0.2, 0.25) is 0 Å². The van der Waals surface area contributed by atoms with Gasteiger partial charge in [-0.05, 0) is 54.5 Å². The van der Waals surface area contributed by atoms with E-state index in [1.165, 1.54) is 6.33 Å². The second kappa shape index (κ2) is 6.06. The van der Waals surface area contributed by atoms with Gasteiger partial charge in [0.2, 0.25) is 0 Å².